The Balaban J connectivity index is 0.00000161. The van der Waals surface area contributed by atoms with E-state index in [4.69, 9.17) is 0 Å². The van der Waals surface area contributed by atoms with Crippen LogP contribution in [0.25, 0.3) is 10.8 Å². The molecule has 0 aliphatic carbocycles. The summed E-state index contributed by atoms with van der Waals surface area (Å²) in [4.78, 5) is 15.6. The Bertz CT molecular complexity index is 562. The van der Waals surface area contributed by atoms with Crippen LogP contribution in [-0.2, 0) is 6.54 Å². The predicted octanol–water partition coefficient (Wildman–Crippen LogP) is 2.20. The number of piperazine rings is 1. The summed E-state index contributed by atoms with van der Waals surface area (Å²) in [6, 6.07) is 2.91. The molecule has 0 saturated carbocycles. The highest BCUT2D eigenvalue weighted by Crippen LogP contribution is 2.21. The first-order chi connectivity index (χ1) is 9.72. The van der Waals surface area contributed by atoms with Crippen molar-refractivity contribution < 1.29 is 0 Å². The number of hydrogen-bond donors (Lipinski definition) is 1. The minimum atomic E-state index is 0. The smallest absolute Gasteiger partial charge is 0.188 e. The van der Waals surface area contributed by atoms with Gasteiger partial charge in [-0.25, -0.2) is 15.0 Å². The lowest BCUT2D eigenvalue weighted by atomic mass is 10.1. The molecule has 0 aromatic carbocycles. The van der Waals surface area contributed by atoms with E-state index in [2.05, 4.69) is 44.4 Å². The molecule has 7 heteroatoms. The highest BCUT2D eigenvalue weighted by Gasteiger charge is 2.23. The molecule has 0 amide bonds. The van der Waals surface area contributed by atoms with Crippen molar-refractivity contribution in [3.05, 3.63) is 29.5 Å². The van der Waals surface area contributed by atoms with Crippen LogP contribution >= 0.6 is 23.7 Å². The number of aromatic nitrogens is 3. The zero-order chi connectivity index (χ0) is 13.9. The van der Waals surface area contributed by atoms with Gasteiger partial charge in [0.15, 0.2) is 10.8 Å². The van der Waals surface area contributed by atoms with Gasteiger partial charge in [-0.15, -0.1) is 23.7 Å². The van der Waals surface area contributed by atoms with Gasteiger partial charge in [0.1, 0.15) is 0 Å². The largest absolute Gasteiger partial charge is 0.311 e. The van der Waals surface area contributed by atoms with Crippen molar-refractivity contribution in [2.24, 2.45) is 0 Å². The molecule has 0 bridgehead atoms. The summed E-state index contributed by atoms with van der Waals surface area (Å²) in [7, 11) is 0. The van der Waals surface area contributed by atoms with Crippen LogP contribution in [0.5, 0.6) is 0 Å². The molecule has 1 fully saturated rings. The Hall–Kier alpha value is -1.08. The second-order valence-corrected chi connectivity index (χ2v) is 6.16. The summed E-state index contributed by atoms with van der Waals surface area (Å²) < 4.78 is 0. The third-order valence-electron chi connectivity index (χ3n) is 3.57. The van der Waals surface area contributed by atoms with Crippen molar-refractivity contribution in [3.8, 4) is 10.8 Å². The van der Waals surface area contributed by atoms with Crippen molar-refractivity contribution in [3.63, 3.8) is 0 Å². The minimum Gasteiger partial charge on any atom is -0.311 e. The number of hydrogen-bond acceptors (Lipinski definition) is 6. The number of nitrogens with zero attached hydrogens (tertiary/aromatic N) is 4. The molecule has 0 radical (unpaired) electrons. The zero-order valence-electron chi connectivity index (χ0n) is 12.2. The van der Waals surface area contributed by atoms with Crippen LogP contribution in [0.2, 0.25) is 0 Å². The van der Waals surface area contributed by atoms with Gasteiger partial charge in [0.05, 0.1) is 5.69 Å². The Morgan fingerprint density at radius 1 is 1.33 bits per heavy atom. The minimum absolute atomic E-state index is 0. The lowest BCUT2D eigenvalue weighted by molar-refractivity contribution is 0.137. The van der Waals surface area contributed by atoms with E-state index in [0.717, 1.165) is 30.3 Å². The molecule has 2 aromatic heterocycles. The Morgan fingerprint density at radius 2 is 2.10 bits per heavy atom. The molecule has 2 aromatic rings. The number of halogens is 1. The fraction of sp³-hybridized carbons (Fsp3) is 0.500. The van der Waals surface area contributed by atoms with Gasteiger partial charge in [-0.1, -0.05) is 0 Å². The van der Waals surface area contributed by atoms with E-state index >= 15 is 0 Å². The normalized spacial score (nSPS) is 22.8. The second kappa shape index (κ2) is 7.26. The number of rotatable bonds is 3. The van der Waals surface area contributed by atoms with E-state index in [0.29, 0.717) is 17.9 Å². The average Bonchev–Trinajstić information content (AvgIpc) is 2.92. The topological polar surface area (TPSA) is 53.9 Å². The number of thiazole rings is 1. The Morgan fingerprint density at radius 3 is 2.86 bits per heavy atom. The van der Waals surface area contributed by atoms with E-state index in [-0.39, 0.29) is 12.4 Å². The third kappa shape index (κ3) is 3.97. The molecular weight excluding hydrogens is 306 g/mol. The molecule has 0 spiro atoms. The molecule has 2 unspecified atom stereocenters. The maximum absolute atomic E-state index is 4.67. The van der Waals surface area contributed by atoms with Crippen molar-refractivity contribution >= 4 is 23.7 Å². The molecule has 2 atom stereocenters. The maximum atomic E-state index is 4.67. The molecule has 114 valence electrons. The molecule has 1 aliphatic heterocycles. The van der Waals surface area contributed by atoms with E-state index in [1.807, 2.05) is 6.07 Å². The zero-order valence-corrected chi connectivity index (χ0v) is 13.8. The van der Waals surface area contributed by atoms with Crippen LogP contribution in [0.1, 0.15) is 19.5 Å². The van der Waals surface area contributed by atoms with Crippen LogP contribution in [0.4, 0.5) is 0 Å². The van der Waals surface area contributed by atoms with E-state index in [1.165, 1.54) is 0 Å². The van der Waals surface area contributed by atoms with Crippen LogP contribution < -0.4 is 5.32 Å². The number of nitrogens with one attached hydrogen (secondary N) is 1. The summed E-state index contributed by atoms with van der Waals surface area (Å²) in [5.41, 5.74) is 1.11. The lowest BCUT2D eigenvalue weighted by Gasteiger charge is -2.37. The van der Waals surface area contributed by atoms with Gasteiger partial charge in [0.25, 0.3) is 0 Å². The van der Waals surface area contributed by atoms with Crippen molar-refractivity contribution in [2.45, 2.75) is 32.5 Å². The van der Waals surface area contributed by atoms with Gasteiger partial charge in [-0.3, -0.25) is 4.90 Å². The quantitative estimate of drug-likeness (QED) is 0.937. The maximum Gasteiger partial charge on any atom is 0.188 e. The summed E-state index contributed by atoms with van der Waals surface area (Å²) >= 11 is 1.61. The first-order valence-electron chi connectivity index (χ1n) is 6.91. The fourth-order valence-electron chi connectivity index (χ4n) is 2.42. The summed E-state index contributed by atoms with van der Waals surface area (Å²) in [5, 5.41) is 6.51. The molecular formula is C14H20ClN5S. The van der Waals surface area contributed by atoms with E-state index in [1.54, 1.807) is 23.7 Å². The molecule has 1 aliphatic rings. The Labute approximate surface area is 135 Å². The van der Waals surface area contributed by atoms with E-state index < -0.39 is 0 Å². The highest BCUT2D eigenvalue weighted by molar-refractivity contribution is 7.13. The molecule has 21 heavy (non-hydrogen) atoms. The standard InChI is InChI=1S/C14H19N5S.ClH/c1-10-7-19(11(2)6-17-10)8-12-9-20-14(18-12)13-15-4-3-5-16-13;/h3-5,9-11,17H,6-8H2,1-2H3;1H. The van der Waals surface area contributed by atoms with Gasteiger partial charge in [-0.2, -0.15) is 0 Å². The highest BCUT2D eigenvalue weighted by atomic mass is 35.5. The fourth-order valence-corrected chi connectivity index (χ4v) is 3.17. The summed E-state index contributed by atoms with van der Waals surface area (Å²) in [5.74, 6) is 0.713. The summed E-state index contributed by atoms with van der Waals surface area (Å²) in [6.07, 6.45) is 3.51. The summed E-state index contributed by atoms with van der Waals surface area (Å²) in [6.45, 7) is 7.49. The van der Waals surface area contributed by atoms with Crippen LogP contribution in [0.3, 0.4) is 0 Å². The molecule has 3 rings (SSSR count). The molecule has 1 N–H and O–H groups in total. The lowest BCUT2D eigenvalue weighted by Crippen LogP contribution is -2.53. The van der Waals surface area contributed by atoms with Gasteiger partial charge in [-0.05, 0) is 19.9 Å². The van der Waals surface area contributed by atoms with Crippen LogP contribution in [0, 0.1) is 0 Å². The van der Waals surface area contributed by atoms with Gasteiger partial charge >= 0.3 is 0 Å². The molecule has 5 nitrogen and oxygen atoms in total. The Kier molecular flexibility index (Phi) is 5.64. The third-order valence-corrected chi connectivity index (χ3v) is 4.45. The molecule has 1 saturated heterocycles. The monoisotopic (exact) mass is 325 g/mol. The van der Waals surface area contributed by atoms with Crippen molar-refractivity contribution in [1.82, 2.24) is 25.2 Å². The van der Waals surface area contributed by atoms with Crippen LogP contribution in [-0.4, -0.2) is 45.0 Å². The van der Waals surface area contributed by atoms with Gasteiger partial charge < -0.3 is 5.32 Å². The van der Waals surface area contributed by atoms with E-state index in [9.17, 15) is 0 Å². The van der Waals surface area contributed by atoms with Crippen molar-refractivity contribution in [2.75, 3.05) is 13.1 Å². The van der Waals surface area contributed by atoms with Gasteiger partial charge in [0, 0.05) is 49.5 Å². The average molecular weight is 326 g/mol. The van der Waals surface area contributed by atoms with Gasteiger partial charge in [0.2, 0.25) is 0 Å². The first kappa shape index (κ1) is 16.3. The first-order valence-corrected chi connectivity index (χ1v) is 7.79. The SMILES string of the molecule is CC1CN(Cc2csc(-c3ncccn3)n2)C(C)CN1.Cl. The van der Waals surface area contributed by atoms with Crippen LogP contribution in [0.15, 0.2) is 23.8 Å². The van der Waals surface area contributed by atoms with Crippen molar-refractivity contribution in [1.29, 1.82) is 0 Å². The molecule has 3 heterocycles. The second-order valence-electron chi connectivity index (χ2n) is 5.30. The predicted molar refractivity (Wildman–Crippen MR) is 87.7 cm³/mol.